The number of benzene rings is 1. The van der Waals surface area contributed by atoms with Crippen LogP contribution in [0.3, 0.4) is 0 Å². The Kier molecular flexibility index (Phi) is 2.70. The van der Waals surface area contributed by atoms with Crippen molar-refractivity contribution in [1.82, 2.24) is 0 Å². The molecule has 2 rings (SSSR count). The zero-order valence-electron chi connectivity index (χ0n) is 9.51. The minimum atomic E-state index is -1.79. The van der Waals surface area contributed by atoms with Gasteiger partial charge in [0.25, 0.3) is 0 Å². The summed E-state index contributed by atoms with van der Waals surface area (Å²) in [6.07, 6.45) is 4.76. The van der Waals surface area contributed by atoms with Gasteiger partial charge in [0.05, 0.1) is 0 Å². The van der Waals surface area contributed by atoms with Crippen LogP contribution in [0.15, 0.2) is 48.1 Å². The molecule has 1 aliphatic carbocycles. The topological polar surface area (TPSA) is 40.5 Å². The summed E-state index contributed by atoms with van der Waals surface area (Å²) >= 11 is 0. The zero-order valence-corrected chi connectivity index (χ0v) is 9.51. The van der Waals surface area contributed by atoms with Gasteiger partial charge in [0.2, 0.25) is 5.79 Å². The van der Waals surface area contributed by atoms with Crippen molar-refractivity contribution in [2.75, 3.05) is 0 Å². The van der Waals surface area contributed by atoms with E-state index in [4.69, 9.17) is 0 Å². The van der Waals surface area contributed by atoms with Crippen LogP contribution in [0.25, 0.3) is 0 Å². The third-order valence-corrected chi connectivity index (χ3v) is 2.99. The van der Waals surface area contributed by atoms with Crippen molar-refractivity contribution in [3.05, 3.63) is 59.2 Å². The van der Waals surface area contributed by atoms with Gasteiger partial charge in [-0.25, -0.2) is 0 Å². The van der Waals surface area contributed by atoms with Crippen LogP contribution in [-0.4, -0.2) is 16.0 Å². The Morgan fingerprint density at radius 2 is 1.81 bits per heavy atom. The maximum atomic E-state index is 9.47. The van der Waals surface area contributed by atoms with Gasteiger partial charge >= 0.3 is 0 Å². The van der Waals surface area contributed by atoms with Crippen molar-refractivity contribution in [2.24, 2.45) is 0 Å². The van der Waals surface area contributed by atoms with Gasteiger partial charge < -0.3 is 10.2 Å². The monoisotopic (exact) mass is 216 g/mol. The van der Waals surface area contributed by atoms with E-state index in [0.717, 1.165) is 5.57 Å². The molecule has 16 heavy (non-hydrogen) atoms. The normalized spacial score (nSPS) is 23.0. The Balaban J connectivity index is 2.39. The van der Waals surface area contributed by atoms with Crippen LogP contribution in [0.4, 0.5) is 0 Å². The van der Waals surface area contributed by atoms with Crippen LogP contribution in [0.1, 0.15) is 24.0 Å². The average molecular weight is 216 g/mol. The van der Waals surface area contributed by atoms with Crippen LogP contribution in [0.5, 0.6) is 0 Å². The maximum Gasteiger partial charge on any atom is 0.203 e. The number of allylic oxidation sites excluding steroid dienone is 2. The minimum Gasteiger partial charge on any atom is -0.359 e. The first kappa shape index (κ1) is 11.1. The van der Waals surface area contributed by atoms with E-state index < -0.39 is 5.79 Å². The van der Waals surface area contributed by atoms with Crippen LogP contribution < -0.4 is 0 Å². The van der Waals surface area contributed by atoms with Crippen LogP contribution in [0.2, 0.25) is 0 Å². The number of aryl methyl sites for hydroxylation is 1. The molecule has 2 nitrogen and oxygen atoms in total. The smallest absolute Gasteiger partial charge is 0.203 e. The summed E-state index contributed by atoms with van der Waals surface area (Å²) in [6, 6.07) is 8.15. The molecule has 0 amide bonds. The summed E-state index contributed by atoms with van der Waals surface area (Å²) in [5.74, 6) is -1.64. The first-order chi connectivity index (χ1) is 7.49. The molecular formula is C14H16O2. The predicted octanol–water partition coefficient (Wildman–Crippen LogP) is 2.28. The van der Waals surface area contributed by atoms with Crippen LogP contribution >= 0.6 is 0 Å². The highest BCUT2D eigenvalue weighted by molar-refractivity contribution is 5.42. The third kappa shape index (κ3) is 2.08. The summed E-state index contributed by atoms with van der Waals surface area (Å²) in [6.45, 7) is 3.98. The first-order valence-corrected chi connectivity index (χ1v) is 5.38. The van der Waals surface area contributed by atoms with E-state index in [-0.39, 0.29) is 5.92 Å². The second kappa shape index (κ2) is 3.89. The Morgan fingerprint density at radius 3 is 2.44 bits per heavy atom. The van der Waals surface area contributed by atoms with E-state index in [1.165, 1.54) is 23.3 Å². The van der Waals surface area contributed by atoms with E-state index >= 15 is 0 Å². The molecule has 1 aliphatic rings. The van der Waals surface area contributed by atoms with Gasteiger partial charge in [-0.05, 0) is 37.1 Å². The number of hydrogen-bond acceptors (Lipinski definition) is 2. The quantitative estimate of drug-likeness (QED) is 0.558. The Hall–Kier alpha value is -1.38. The van der Waals surface area contributed by atoms with Crippen molar-refractivity contribution in [2.45, 2.75) is 25.6 Å². The van der Waals surface area contributed by atoms with Crippen LogP contribution in [0, 0.1) is 6.92 Å². The van der Waals surface area contributed by atoms with Crippen molar-refractivity contribution in [3.8, 4) is 0 Å². The lowest BCUT2D eigenvalue weighted by Gasteiger charge is -2.25. The molecule has 1 unspecified atom stereocenters. The summed E-state index contributed by atoms with van der Waals surface area (Å²) in [5.41, 5.74) is 3.39. The molecule has 0 aromatic heterocycles. The molecule has 0 saturated heterocycles. The Labute approximate surface area is 95.6 Å². The fourth-order valence-electron chi connectivity index (χ4n) is 2.15. The maximum absolute atomic E-state index is 9.47. The van der Waals surface area contributed by atoms with Crippen molar-refractivity contribution in [1.29, 1.82) is 0 Å². The summed E-state index contributed by atoms with van der Waals surface area (Å²) in [4.78, 5) is 0. The van der Waals surface area contributed by atoms with E-state index in [1.807, 2.05) is 25.1 Å². The van der Waals surface area contributed by atoms with E-state index in [0.29, 0.717) is 0 Å². The van der Waals surface area contributed by atoms with E-state index in [2.05, 4.69) is 19.1 Å². The highest BCUT2D eigenvalue weighted by Gasteiger charge is 2.24. The molecule has 84 valence electrons. The lowest BCUT2D eigenvalue weighted by Crippen LogP contribution is -2.25. The van der Waals surface area contributed by atoms with Gasteiger partial charge in [0, 0.05) is 5.92 Å². The lowest BCUT2D eigenvalue weighted by molar-refractivity contribution is -0.0761. The Morgan fingerprint density at radius 1 is 1.12 bits per heavy atom. The largest absolute Gasteiger partial charge is 0.359 e. The number of rotatable bonds is 1. The first-order valence-electron chi connectivity index (χ1n) is 5.38. The van der Waals surface area contributed by atoms with E-state index in [1.54, 1.807) is 0 Å². The molecule has 0 heterocycles. The summed E-state index contributed by atoms with van der Waals surface area (Å²) < 4.78 is 0. The lowest BCUT2D eigenvalue weighted by atomic mass is 9.84. The van der Waals surface area contributed by atoms with Gasteiger partial charge in [-0.2, -0.15) is 0 Å². The fourth-order valence-corrected chi connectivity index (χ4v) is 2.15. The predicted molar refractivity (Wildman–Crippen MR) is 64.0 cm³/mol. The summed E-state index contributed by atoms with van der Waals surface area (Å²) in [7, 11) is 0. The highest BCUT2D eigenvalue weighted by Crippen LogP contribution is 2.33. The molecule has 1 aromatic rings. The van der Waals surface area contributed by atoms with Gasteiger partial charge in [0.15, 0.2) is 0 Å². The molecule has 0 spiro atoms. The summed E-state index contributed by atoms with van der Waals surface area (Å²) in [5, 5.41) is 18.9. The van der Waals surface area contributed by atoms with Gasteiger partial charge in [-0.1, -0.05) is 35.9 Å². The average Bonchev–Trinajstić information content (AvgIpc) is 2.18. The van der Waals surface area contributed by atoms with Gasteiger partial charge in [-0.15, -0.1) is 0 Å². The molecule has 2 N–H and O–H groups in total. The minimum absolute atomic E-state index is 0.147. The van der Waals surface area contributed by atoms with Crippen molar-refractivity contribution < 1.29 is 10.2 Å². The molecule has 0 fully saturated rings. The van der Waals surface area contributed by atoms with Crippen molar-refractivity contribution >= 4 is 0 Å². The molecular weight excluding hydrogens is 200 g/mol. The third-order valence-electron chi connectivity index (χ3n) is 2.99. The van der Waals surface area contributed by atoms with Crippen molar-refractivity contribution in [3.63, 3.8) is 0 Å². The molecule has 1 aromatic carbocycles. The molecule has 2 heteroatoms. The second-order valence-corrected chi connectivity index (χ2v) is 4.36. The molecule has 0 bridgehead atoms. The van der Waals surface area contributed by atoms with Gasteiger partial charge in [-0.3, -0.25) is 0 Å². The zero-order chi connectivity index (χ0) is 11.8. The highest BCUT2D eigenvalue weighted by atomic mass is 16.5. The number of aliphatic hydroxyl groups is 2. The number of hydrogen-bond donors (Lipinski definition) is 2. The fraction of sp³-hybridized carbons (Fsp3) is 0.286. The van der Waals surface area contributed by atoms with Crippen LogP contribution in [-0.2, 0) is 0 Å². The second-order valence-electron chi connectivity index (χ2n) is 4.36. The molecule has 0 aliphatic heterocycles. The van der Waals surface area contributed by atoms with E-state index in [9.17, 15) is 10.2 Å². The molecule has 1 atom stereocenters. The molecule has 0 radical (unpaired) electrons. The van der Waals surface area contributed by atoms with Gasteiger partial charge in [0.1, 0.15) is 0 Å². The SMILES string of the molecule is CC1=CC(O)(O)C=CC1c1ccccc1C. The standard InChI is InChI=1S/C14H16O2/c1-10-5-3-4-6-12(10)13-7-8-14(15,16)9-11(13)2/h3-9,13,15-16H,1-2H3. The molecule has 0 saturated carbocycles. The Bertz CT molecular complexity index is 456.